The van der Waals surface area contributed by atoms with E-state index in [1.807, 2.05) is 0 Å². The second kappa shape index (κ2) is 5.58. The van der Waals surface area contributed by atoms with Crippen molar-refractivity contribution in [2.45, 2.75) is 4.90 Å². The highest BCUT2D eigenvalue weighted by Gasteiger charge is 2.18. The Morgan fingerprint density at radius 2 is 1.95 bits per heavy atom. The Labute approximate surface area is 124 Å². The first-order valence-corrected chi connectivity index (χ1v) is 7.30. The Kier molecular flexibility index (Phi) is 4.01. The molecular weight excluding hydrogens is 320 g/mol. The molecule has 0 saturated heterocycles. The van der Waals surface area contributed by atoms with Crippen LogP contribution in [0.4, 0.5) is 5.69 Å². The minimum Gasteiger partial charge on any atom is -0.288 e. The molecule has 0 aromatic heterocycles. The third-order valence-corrected chi connectivity index (χ3v) is 4.06. The van der Waals surface area contributed by atoms with Gasteiger partial charge in [-0.2, -0.15) is 12.8 Å². The lowest BCUT2D eigenvalue weighted by molar-refractivity contribution is -0.385. The molecule has 0 N–H and O–H groups in total. The Morgan fingerprint density at radius 1 is 1.24 bits per heavy atom. The number of nitrogens with zero attached hydrogens (tertiary/aromatic N) is 2. The summed E-state index contributed by atoms with van der Waals surface area (Å²) in [5.41, 5.74) is -0.398. The van der Waals surface area contributed by atoms with Crippen LogP contribution in [0.15, 0.2) is 56.8 Å². The standard InChI is InChI=1S/C12H7ClN2O5S/c13-11-6-8(4-5-12(11)16)14-21(19,20)10-3-1-2-9(7-10)15(17)18/h1-7H. The Bertz CT molecular complexity index is 824. The van der Waals surface area contributed by atoms with Crippen molar-refractivity contribution < 1.29 is 18.1 Å². The van der Waals surface area contributed by atoms with Crippen LogP contribution in [0.5, 0.6) is 0 Å². The fourth-order valence-electron chi connectivity index (χ4n) is 1.50. The van der Waals surface area contributed by atoms with Gasteiger partial charge in [0.05, 0.1) is 20.6 Å². The topological polar surface area (TPSA) is 107 Å². The summed E-state index contributed by atoms with van der Waals surface area (Å²) in [5.74, 6) is -0.455. The van der Waals surface area contributed by atoms with E-state index < -0.39 is 20.7 Å². The molecule has 0 spiro atoms. The number of rotatable bonds is 3. The summed E-state index contributed by atoms with van der Waals surface area (Å²) >= 11 is 5.60. The molecule has 0 atom stereocenters. The highest BCUT2D eigenvalue weighted by Crippen LogP contribution is 2.20. The summed E-state index contributed by atoms with van der Waals surface area (Å²) in [6.07, 6.45) is 3.39. The largest absolute Gasteiger partial charge is 0.288 e. The molecule has 0 amide bonds. The lowest BCUT2D eigenvalue weighted by Gasteiger charge is -2.03. The number of nitro benzene ring substituents is 1. The van der Waals surface area contributed by atoms with E-state index in [0.29, 0.717) is 0 Å². The first-order valence-electron chi connectivity index (χ1n) is 5.48. The van der Waals surface area contributed by atoms with Crippen molar-refractivity contribution in [3.8, 4) is 0 Å². The van der Waals surface area contributed by atoms with Crippen molar-refractivity contribution in [1.29, 1.82) is 0 Å². The molecule has 0 bridgehead atoms. The first kappa shape index (κ1) is 15.1. The zero-order chi connectivity index (χ0) is 15.6. The number of ketones is 1. The fraction of sp³-hybridized carbons (Fsp3) is 0. The van der Waals surface area contributed by atoms with E-state index in [1.165, 1.54) is 24.3 Å². The van der Waals surface area contributed by atoms with E-state index in [9.17, 15) is 23.3 Å². The lowest BCUT2D eigenvalue weighted by atomic mass is 10.2. The van der Waals surface area contributed by atoms with Gasteiger partial charge in [-0.05, 0) is 24.3 Å². The van der Waals surface area contributed by atoms with Crippen LogP contribution in [0.3, 0.4) is 0 Å². The van der Waals surface area contributed by atoms with E-state index in [2.05, 4.69) is 4.40 Å². The predicted octanol–water partition coefficient (Wildman–Crippen LogP) is 1.99. The van der Waals surface area contributed by atoms with Crippen LogP contribution < -0.4 is 0 Å². The summed E-state index contributed by atoms with van der Waals surface area (Å²) < 4.78 is 27.6. The SMILES string of the molecule is O=C1C=CC(=NS(=O)(=O)c2cccc([N+](=O)[O-])c2)C=C1Cl. The number of hydrogen-bond acceptors (Lipinski definition) is 5. The highest BCUT2D eigenvalue weighted by molar-refractivity contribution is 7.90. The van der Waals surface area contributed by atoms with Crippen LogP contribution in [0.25, 0.3) is 0 Å². The summed E-state index contributed by atoms with van der Waals surface area (Å²) in [6, 6.07) is 4.51. The van der Waals surface area contributed by atoms with Crippen molar-refractivity contribution in [2.75, 3.05) is 0 Å². The Balaban J connectivity index is 2.44. The van der Waals surface area contributed by atoms with E-state index in [0.717, 1.165) is 18.2 Å². The van der Waals surface area contributed by atoms with Gasteiger partial charge in [0, 0.05) is 12.1 Å². The number of nitro groups is 1. The molecule has 0 radical (unpaired) electrons. The van der Waals surface area contributed by atoms with Crippen molar-refractivity contribution in [2.24, 2.45) is 4.40 Å². The molecule has 0 fully saturated rings. The van der Waals surface area contributed by atoms with Gasteiger partial charge in [-0.25, -0.2) is 0 Å². The average Bonchev–Trinajstić information content (AvgIpc) is 2.43. The second-order valence-corrected chi connectivity index (χ2v) is 5.95. The average molecular weight is 327 g/mol. The zero-order valence-electron chi connectivity index (χ0n) is 10.3. The molecule has 0 aliphatic heterocycles. The van der Waals surface area contributed by atoms with Gasteiger partial charge in [0.15, 0.2) is 5.78 Å². The quantitative estimate of drug-likeness (QED) is 0.479. The minimum absolute atomic E-state index is 0.0360. The molecule has 1 aromatic carbocycles. The summed E-state index contributed by atoms with van der Waals surface area (Å²) in [7, 11) is -4.14. The van der Waals surface area contributed by atoms with Crippen molar-refractivity contribution in [1.82, 2.24) is 0 Å². The van der Waals surface area contributed by atoms with Crippen LogP contribution in [0.1, 0.15) is 0 Å². The minimum atomic E-state index is -4.14. The van der Waals surface area contributed by atoms with Crippen LogP contribution in [-0.4, -0.2) is 24.8 Å². The molecular formula is C12H7ClN2O5S. The normalized spacial score (nSPS) is 16.9. The molecule has 1 aliphatic carbocycles. The van der Waals surface area contributed by atoms with Gasteiger partial charge in [-0.1, -0.05) is 17.7 Å². The second-order valence-electron chi connectivity index (χ2n) is 3.94. The molecule has 9 heteroatoms. The first-order chi connectivity index (χ1) is 9.79. The summed E-state index contributed by atoms with van der Waals surface area (Å²) in [6.45, 7) is 0. The van der Waals surface area contributed by atoms with E-state index >= 15 is 0 Å². The van der Waals surface area contributed by atoms with E-state index in [-0.39, 0.29) is 21.3 Å². The lowest BCUT2D eigenvalue weighted by Crippen LogP contribution is -2.07. The molecule has 2 rings (SSSR count). The molecule has 21 heavy (non-hydrogen) atoms. The number of carbonyl (C=O) groups excluding carboxylic acids is 1. The number of allylic oxidation sites excluding steroid dienone is 4. The number of benzene rings is 1. The Morgan fingerprint density at radius 3 is 2.57 bits per heavy atom. The smallest absolute Gasteiger partial charge is 0.283 e. The molecule has 0 saturated carbocycles. The van der Waals surface area contributed by atoms with Crippen LogP contribution in [-0.2, 0) is 14.8 Å². The van der Waals surface area contributed by atoms with Gasteiger partial charge in [-0.3, -0.25) is 14.9 Å². The fourth-order valence-corrected chi connectivity index (χ4v) is 2.69. The van der Waals surface area contributed by atoms with Crippen molar-refractivity contribution in [3.63, 3.8) is 0 Å². The molecule has 1 aromatic rings. The highest BCUT2D eigenvalue weighted by atomic mass is 35.5. The van der Waals surface area contributed by atoms with E-state index in [1.54, 1.807) is 0 Å². The molecule has 7 nitrogen and oxygen atoms in total. The maximum Gasteiger partial charge on any atom is 0.283 e. The molecule has 1 aliphatic rings. The Hall–Kier alpha value is -2.32. The van der Waals surface area contributed by atoms with Crippen LogP contribution in [0.2, 0.25) is 0 Å². The molecule has 0 heterocycles. The van der Waals surface area contributed by atoms with Gasteiger partial charge in [0.25, 0.3) is 15.7 Å². The summed E-state index contributed by atoms with van der Waals surface area (Å²) in [4.78, 5) is 20.8. The monoisotopic (exact) mass is 326 g/mol. The van der Waals surface area contributed by atoms with Gasteiger partial charge < -0.3 is 0 Å². The van der Waals surface area contributed by atoms with Gasteiger partial charge in [0.2, 0.25) is 0 Å². The van der Waals surface area contributed by atoms with Gasteiger partial charge >= 0.3 is 0 Å². The third-order valence-electron chi connectivity index (χ3n) is 2.47. The number of halogens is 1. The van der Waals surface area contributed by atoms with Crippen molar-refractivity contribution in [3.05, 3.63) is 57.6 Å². The van der Waals surface area contributed by atoms with E-state index in [4.69, 9.17) is 11.6 Å². The number of non-ortho nitro benzene ring substituents is 1. The van der Waals surface area contributed by atoms with Crippen LogP contribution >= 0.6 is 11.6 Å². The van der Waals surface area contributed by atoms with Crippen molar-refractivity contribution >= 4 is 38.8 Å². The van der Waals surface area contributed by atoms with Gasteiger partial charge in [-0.15, -0.1) is 0 Å². The van der Waals surface area contributed by atoms with Gasteiger partial charge in [0.1, 0.15) is 0 Å². The molecule has 108 valence electrons. The third kappa shape index (κ3) is 3.41. The number of carbonyl (C=O) groups is 1. The van der Waals surface area contributed by atoms with Crippen LogP contribution in [0, 0.1) is 10.1 Å². The summed E-state index contributed by atoms with van der Waals surface area (Å²) in [5, 5.41) is 10.5. The number of sulfonamides is 1. The maximum atomic E-state index is 12.1. The zero-order valence-corrected chi connectivity index (χ0v) is 11.8. The maximum absolute atomic E-state index is 12.1. The number of hydrogen-bond donors (Lipinski definition) is 0. The predicted molar refractivity (Wildman–Crippen MR) is 75.8 cm³/mol. The molecule has 0 unspecified atom stereocenters.